The van der Waals surface area contributed by atoms with E-state index in [-0.39, 0.29) is 29.8 Å². The van der Waals surface area contributed by atoms with Gasteiger partial charge in [-0.05, 0) is 43.9 Å². The van der Waals surface area contributed by atoms with E-state index in [4.69, 9.17) is 4.52 Å². The number of rotatable bonds is 5. The molecular formula is C20H29N3O3. The van der Waals surface area contributed by atoms with Crippen LogP contribution in [-0.4, -0.2) is 40.5 Å². The molecule has 3 aliphatic rings. The zero-order chi connectivity index (χ0) is 18.6. The average Bonchev–Trinajstić information content (AvgIpc) is 2.85. The molecule has 3 fully saturated rings. The third kappa shape index (κ3) is 2.74. The fourth-order valence-corrected chi connectivity index (χ4v) is 5.44. The van der Waals surface area contributed by atoms with E-state index in [1.165, 1.54) is 0 Å². The van der Waals surface area contributed by atoms with Crippen LogP contribution < -0.4 is 5.32 Å². The molecule has 6 nitrogen and oxygen atoms in total. The summed E-state index contributed by atoms with van der Waals surface area (Å²) in [5.41, 5.74) is 0.724. The summed E-state index contributed by atoms with van der Waals surface area (Å²) >= 11 is 0. The Morgan fingerprint density at radius 3 is 2.73 bits per heavy atom. The van der Waals surface area contributed by atoms with Crippen LogP contribution in [0.4, 0.5) is 0 Å². The van der Waals surface area contributed by atoms with Crippen molar-refractivity contribution in [1.82, 2.24) is 15.4 Å². The van der Waals surface area contributed by atoms with E-state index in [1.54, 1.807) is 6.07 Å². The van der Waals surface area contributed by atoms with Gasteiger partial charge in [-0.1, -0.05) is 25.9 Å². The Morgan fingerprint density at radius 1 is 1.42 bits per heavy atom. The van der Waals surface area contributed by atoms with Crippen LogP contribution in [0.15, 0.2) is 10.6 Å². The molecule has 2 amide bonds. The molecule has 26 heavy (non-hydrogen) atoms. The highest BCUT2D eigenvalue weighted by Crippen LogP contribution is 2.71. The number of carbonyl (C=O) groups excluding carboxylic acids is 2. The van der Waals surface area contributed by atoms with Crippen LogP contribution in [0.25, 0.3) is 0 Å². The van der Waals surface area contributed by atoms with Crippen molar-refractivity contribution in [3.05, 3.63) is 17.5 Å². The number of fused-ring (bicyclic) bond motifs is 1. The van der Waals surface area contributed by atoms with E-state index in [0.29, 0.717) is 29.4 Å². The highest BCUT2D eigenvalue weighted by Gasteiger charge is 2.71. The van der Waals surface area contributed by atoms with Gasteiger partial charge in [0.25, 0.3) is 0 Å². The highest BCUT2D eigenvalue weighted by atomic mass is 16.5. The number of carbonyl (C=O) groups is 2. The molecule has 142 valence electrons. The van der Waals surface area contributed by atoms with Crippen LogP contribution in [0.3, 0.4) is 0 Å². The monoisotopic (exact) mass is 359 g/mol. The Morgan fingerprint density at radius 2 is 2.19 bits per heavy atom. The van der Waals surface area contributed by atoms with Gasteiger partial charge < -0.3 is 14.7 Å². The molecule has 6 heteroatoms. The molecule has 0 aromatic carbocycles. The normalized spacial score (nSPS) is 35.2. The van der Waals surface area contributed by atoms with Crippen molar-refractivity contribution in [3.63, 3.8) is 0 Å². The van der Waals surface area contributed by atoms with E-state index >= 15 is 0 Å². The van der Waals surface area contributed by atoms with Gasteiger partial charge in [-0.2, -0.15) is 0 Å². The van der Waals surface area contributed by atoms with Gasteiger partial charge in [0.1, 0.15) is 5.76 Å². The second kappa shape index (κ2) is 6.10. The maximum Gasteiger partial charge on any atom is 0.229 e. The summed E-state index contributed by atoms with van der Waals surface area (Å²) < 4.78 is 5.14. The Labute approximate surface area is 154 Å². The zero-order valence-corrected chi connectivity index (χ0v) is 16.1. The molecule has 1 saturated heterocycles. The third-order valence-electron chi connectivity index (χ3n) is 6.69. The maximum atomic E-state index is 13.2. The quantitative estimate of drug-likeness (QED) is 0.875. The summed E-state index contributed by atoms with van der Waals surface area (Å²) in [6.07, 6.45) is 3.13. The summed E-state index contributed by atoms with van der Waals surface area (Å²) in [6, 6.07) is 1.88. The van der Waals surface area contributed by atoms with Gasteiger partial charge in [-0.25, -0.2) is 0 Å². The third-order valence-corrected chi connectivity index (χ3v) is 6.69. The molecule has 1 N–H and O–H groups in total. The van der Waals surface area contributed by atoms with E-state index < -0.39 is 0 Å². The van der Waals surface area contributed by atoms with Crippen LogP contribution in [0, 0.1) is 30.1 Å². The lowest BCUT2D eigenvalue weighted by Crippen LogP contribution is -2.52. The molecule has 0 unspecified atom stereocenters. The van der Waals surface area contributed by atoms with Crippen molar-refractivity contribution in [2.24, 2.45) is 23.2 Å². The predicted octanol–water partition coefficient (Wildman–Crippen LogP) is 2.31. The number of aromatic nitrogens is 1. The van der Waals surface area contributed by atoms with Gasteiger partial charge in [0.15, 0.2) is 0 Å². The molecule has 2 heterocycles. The standard InChI is InChI=1S/C20H29N3O3/c1-11(2)18-16(21-17(24)8-14-7-13(4)22-26-14)5-6-23(18)19(25)20-9-12(3)15(20)10-20/h7,11-12,15-16,18H,5-6,8-10H2,1-4H3,(H,21,24)/t12-,15-,16-,18+,20+/m0/s1. The van der Waals surface area contributed by atoms with E-state index in [9.17, 15) is 9.59 Å². The minimum absolute atomic E-state index is 0.0153. The fraction of sp³-hybridized carbons (Fsp3) is 0.750. The fourth-order valence-electron chi connectivity index (χ4n) is 5.44. The number of aryl methyl sites for hydroxylation is 1. The first-order valence-electron chi connectivity index (χ1n) is 9.84. The van der Waals surface area contributed by atoms with Gasteiger partial charge in [-0.3, -0.25) is 9.59 Å². The topological polar surface area (TPSA) is 75.4 Å². The molecule has 1 aliphatic heterocycles. The average molecular weight is 359 g/mol. The van der Waals surface area contributed by atoms with Gasteiger partial charge >= 0.3 is 0 Å². The van der Waals surface area contributed by atoms with Crippen LogP contribution in [0.2, 0.25) is 0 Å². The summed E-state index contributed by atoms with van der Waals surface area (Å²) in [4.78, 5) is 27.7. The smallest absolute Gasteiger partial charge is 0.229 e. The molecule has 1 aromatic rings. The number of nitrogens with one attached hydrogen (secondary N) is 1. The Balaban J connectivity index is 1.41. The van der Waals surface area contributed by atoms with Crippen molar-refractivity contribution in [2.75, 3.05) is 6.54 Å². The molecule has 0 spiro atoms. The summed E-state index contributed by atoms with van der Waals surface area (Å²) in [5, 5.41) is 6.97. The van der Waals surface area contributed by atoms with E-state index in [0.717, 1.165) is 31.5 Å². The molecule has 5 atom stereocenters. The second-order valence-corrected chi connectivity index (χ2v) is 8.96. The summed E-state index contributed by atoms with van der Waals surface area (Å²) in [5.74, 6) is 2.46. The molecule has 1 aromatic heterocycles. The van der Waals surface area contributed by atoms with Crippen molar-refractivity contribution < 1.29 is 14.1 Å². The van der Waals surface area contributed by atoms with Crippen molar-refractivity contribution in [2.45, 2.75) is 65.5 Å². The van der Waals surface area contributed by atoms with Crippen molar-refractivity contribution in [1.29, 1.82) is 0 Å². The number of amides is 2. The van der Waals surface area contributed by atoms with Crippen LogP contribution in [0.1, 0.15) is 51.5 Å². The molecule has 4 rings (SSSR count). The molecule has 2 aliphatic carbocycles. The van der Waals surface area contributed by atoms with E-state index in [2.05, 4.69) is 36.1 Å². The molecule has 0 radical (unpaired) electrons. The number of likely N-dealkylation sites (tertiary alicyclic amines) is 1. The zero-order valence-electron chi connectivity index (χ0n) is 16.1. The van der Waals surface area contributed by atoms with Gasteiger partial charge in [-0.15, -0.1) is 0 Å². The Bertz CT molecular complexity index is 728. The minimum atomic E-state index is -0.0640. The second-order valence-electron chi connectivity index (χ2n) is 8.96. The summed E-state index contributed by atoms with van der Waals surface area (Å²) in [6.45, 7) is 9.12. The predicted molar refractivity (Wildman–Crippen MR) is 96.2 cm³/mol. The lowest BCUT2D eigenvalue weighted by atomic mass is 9.75. The first-order valence-corrected chi connectivity index (χ1v) is 9.84. The lowest BCUT2D eigenvalue weighted by Gasteiger charge is -2.38. The minimum Gasteiger partial charge on any atom is -0.361 e. The van der Waals surface area contributed by atoms with Crippen LogP contribution >= 0.6 is 0 Å². The Hall–Kier alpha value is -1.85. The Kier molecular flexibility index (Phi) is 4.12. The maximum absolute atomic E-state index is 13.2. The number of hydrogen-bond acceptors (Lipinski definition) is 4. The van der Waals surface area contributed by atoms with Crippen LogP contribution in [-0.2, 0) is 16.0 Å². The van der Waals surface area contributed by atoms with E-state index in [1.807, 2.05) is 6.92 Å². The van der Waals surface area contributed by atoms with Gasteiger partial charge in [0, 0.05) is 12.6 Å². The SMILES string of the molecule is Cc1cc(CC(=O)N[C@H]2CCN(C(=O)[C@@]34C[C@H](C)[C@@H]3C4)[C@@H]2C(C)C)on1. The first kappa shape index (κ1) is 17.6. The van der Waals surface area contributed by atoms with Gasteiger partial charge in [0.2, 0.25) is 11.8 Å². The molecule has 2 saturated carbocycles. The summed E-state index contributed by atoms with van der Waals surface area (Å²) in [7, 11) is 0. The van der Waals surface area contributed by atoms with Crippen molar-refractivity contribution in [3.8, 4) is 0 Å². The van der Waals surface area contributed by atoms with Crippen LogP contribution in [0.5, 0.6) is 0 Å². The lowest BCUT2D eigenvalue weighted by molar-refractivity contribution is -0.143. The van der Waals surface area contributed by atoms with Crippen molar-refractivity contribution >= 4 is 11.8 Å². The largest absolute Gasteiger partial charge is 0.361 e. The number of nitrogens with zero attached hydrogens (tertiary/aromatic N) is 2. The molecular weight excluding hydrogens is 330 g/mol. The van der Waals surface area contributed by atoms with Gasteiger partial charge in [0.05, 0.1) is 29.6 Å². The molecule has 0 bridgehead atoms. The highest BCUT2D eigenvalue weighted by molar-refractivity contribution is 5.88. The first-order chi connectivity index (χ1) is 12.3. The number of hydrogen-bond donors (Lipinski definition) is 1.